The van der Waals surface area contributed by atoms with Gasteiger partial charge in [-0.15, -0.1) is 0 Å². The molecule has 0 amide bonds. The van der Waals surface area contributed by atoms with Gasteiger partial charge >= 0.3 is 0 Å². The van der Waals surface area contributed by atoms with E-state index in [9.17, 15) is 13.2 Å². The highest BCUT2D eigenvalue weighted by molar-refractivity contribution is 7.92. The van der Waals surface area contributed by atoms with Gasteiger partial charge in [-0.05, 0) is 69.6 Å². The van der Waals surface area contributed by atoms with Crippen LogP contribution in [-0.4, -0.2) is 37.8 Å². The molecule has 29 heavy (non-hydrogen) atoms. The molecule has 0 radical (unpaired) electrons. The van der Waals surface area contributed by atoms with Crippen LogP contribution in [0, 0.1) is 11.8 Å². The lowest BCUT2D eigenvalue weighted by Gasteiger charge is -2.36. The summed E-state index contributed by atoms with van der Waals surface area (Å²) < 4.78 is 23.5. The van der Waals surface area contributed by atoms with E-state index in [2.05, 4.69) is 43.0 Å². The van der Waals surface area contributed by atoms with Gasteiger partial charge in [-0.25, -0.2) is 8.42 Å². The number of rotatable bonds is 9. The molecule has 2 rings (SSSR count). The second-order valence-electron chi connectivity index (χ2n) is 9.97. The van der Waals surface area contributed by atoms with E-state index in [-0.39, 0.29) is 11.5 Å². The summed E-state index contributed by atoms with van der Waals surface area (Å²) in [5.74, 6) is 1.88. The number of ketones is 1. The van der Waals surface area contributed by atoms with Gasteiger partial charge in [0.15, 0.2) is 9.84 Å². The molecule has 0 unspecified atom stereocenters. The van der Waals surface area contributed by atoms with Crippen LogP contribution in [0.3, 0.4) is 0 Å². The number of hydrogen-bond acceptors (Lipinski definition) is 4. The van der Waals surface area contributed by atoms with Crippen LogP contribution in [0.15, 0.2) is 24.3 Å². The summed E-state index contributed by atoms with van der Waals surface area (Å²) in [7, 11) is -3.06. The van der Waals surface area contributed by atoms with Crippen molar-refractivity contribution in [3.63, 3.8) is 0 Å². The molecule has 1 aromatic carbocycles. The molecule has 1 saturated heterocycles. The number of benzene rings is 1. The van der Waals surface area contributed by atoms with Crippen molar-refractivity contribution in [2.45, 2.75) is 77.9 Å². The first-order valence-electron chi connectivity index (χ1n) is 11.1. The average Bonchev–Trinajstić information content (AvgIpc) is 2.60. The molecule has 0 bridgehead atoms. The van der Waals surface area contributed by atoms with E-state index in [4.69, 9.17) is 0 Å². The number of carbonyl (C=O) groups is 1. The predicted molar refractivity (Wildman–Crippen MR) is 122 cm³/mol. The normalized spacial score (nSPS) is 20.7. The predicted octanol–water partition coefficient (Wildman–Crippen LogP) is 5.05. The molecular weight excluding hydrogens is 382 g/mol. The summed E-state index contributed by atoms with van der Waals surface area (Å²) in [4.78, 5) is 14.7. The van der Waals surface area contributed by atoms with E-state index >= 15 is 0 Å². The van der Waals surface area contributed by atoms with Crippen molar-refractivity contribution in [3.05, 3.63) is 29.8 Å². The molecule has 1 aliphatic heterocycles. The number of piperidine rings is 1. The Morgan fingerprint density at radius 2 is 1.59 bits per heavy atom. The number of Topliss-reactive ketones (excluding diaryl/α,β-unsaturated/α-hetero) is 1. The van der Waals surface area contributed by atoms with Crippen LogP contribution in [0.2, 0.25) is 0 Å². The molecular formula is C24H39NO3S. The third-order valence-electron chi connectivity index (χ3n) is 5.87. The summed E-state index contributed by atoms with van der Waals surface area (Å²) in [6, 6.07) is 8.44. The minimum Gasteiger partial charge on any atom is -0.371 e. The molecule has 2 atom stereocenters. The molecule has 1 aromatic rings. The van der Waals surface area contributed by atoms with Gasteiger partial charge in [0.05, 0.1) is 10.5 Å². The maximum absolute atomic E-state index is 12.3. The Bertz CT molecular complexity index is 752. The fraction of sp³-hybridized carbons (Fsp3) is 0.708. The number of sulfone groups is 1. The molecule has 0 N–H and O–H groups in total. The Hall–Kier alpha value is -1.36. The fourth-order valence-electron chi connectivity index (χ4n) is 4.11. The van der Waals surface area contributed by atoms with Crippen molar-refractivity contribution >= 4 is 21.3 Å². The summed E-state index contributed by atoms with van der Waals surface area (Å²) in [6.07, 6.45) is 4.47. The van der Waals surface area contributed by atoms with E-state index in [1.807, 2.05) is 0 Å². The Kier molecular flexibility index (Phi) is 8.33. The van der Waals surface area contributed by atoms with Gasteiger partial charge in [-0.2, -0.15) is 0 Å². The Morgan fingerprint density at radius 1 is 1.00 bits per heavy atom. The van der Waals surface area contributed by atoms with Crippen molar-refractivity contribution in [1.82, 2.24) is 0 Å². The highest BCUT2D eigenvalue weighted by atomic mass is 32.2. The SMILES string of the molecule is C[C@@H]1C[C@H](C)CN(c2ccc(CC(=O)CCCCCS(=O)(=O)C(C)(C)C)cc2)C1. The van der Waals surface area contributed by atoms with E-state index < -0.39 is 14.6 Å². The number of unbranched alkanes of at least 4 members (excludes halogenated alkanes) is 2. The first-order chi connectivity index (χ1) is 13.5. The zero-order valence-corrected chi connectivity index (χ0v) is 19.7. The van der Waals surface area contributed by atoms with E-state index in [0.717, 1.165) is 43.3 Å². The van der Waals surface area contributed by atoms with Crippen molar-refractivity contribution < 1.29 is 13.2 Å². The molecule has 0 aromatic heterocycles. The zero-order chi connectivity index (χ0) is 21.7. The molecule has 0 aliphatic carbocycles. The fourth-order valence-corrected chi connectivity index (χ4v) is 5.31. The van der Waals surface area contributed by atoms with Crippen LogP contribution in [0.25, 0.3) is 0 Å². The lowest BCUT2D eigenvalue weighted by Crippen LogP contribution is -2.38. The number of carbonyl (C=O) groups excluding carboxylic acids is 1. The van der Waals surface area contributed by atoms with E-state index in [0.29, 0.717) is 19.3 Å². The van der Waals surface area contributed by atoms with Gasteiger partial charge < -0.3 is 4.90 Å². The minimum absolute atomic E-state index is 0.208. The zero-order valence-electron chi connectivity index (χ0n) is 18.9. The standard InChI is InChI=1S/C24H39NO3S/c1-19-15-20(2)18-25(17-19)22-12-10-21(11-13-22)16-23(26)9-7-6-8-14-29(27,28)24(3,4)5/h10-13,19-20H,6-9,14-18H2,1-5H3/t19-,20+. The third kappa shape index (κ3) is 7.44. The Labute approximate surface area is 178 Å². The average molecular weight is 422 g/mol. The van der Waals surface area contributed by atoms with Gasteiger partial charge in [0.2, 0.25) is 0 Å². The number of nitrogens with zero attached hydrogens (tertiary/aromatic N) is 1. The van der Waals surface area contributed by atoms with Crippen molar-refractivity contribution in [1.29, 1.82) is 0 Å². The second kappa shape index (κ2) is 10.1. The first-order valence-corrected chi connectivity index (χ1v) is 12.7. The molecule has 4 nitrogen and oxygen atoms in total. The van der Waals surface area contributed by atoms with Crippen LogP contribution >= 0.6 is 0 Å². The quantitative estimate of drug-likeness (QED) is 0.523. The lowest BCUT2D eigenvalue weighted by molar-refractivity contribution is -0.118. The van der Waals surface area contributed by atoms with Crippen LogP contribution < -0.4 is 4.90 Å². The highest BCUT2D eigenvalue weighted by Crippen LogP contribution is 2.26. The molecule has 1 fully saturated rings. The topological polar surface area (TPSA) is 54.5 Å². The van der Waals surface area contributed by atoms with Gasteiger partial charge in [0, 0.05) is 31.6 Å². The monoisotopic (exact) mass is 421 g/mol. The van der Waals surface area contributed by atoms with Crippen LogP contribution in [-0.2, 0) is 21.1 Å². The molecule has 0 spiro atoms. The molecule has 5 heteroatoms. The largest absolute Gasteiger partial charge is 0.371 e. The summed E-state index contributed by atoms with van der Waals surface area (Å²) in [5, 5.41) is 0. The number of anilines is 1. The smallest absolute Gasteiger partial charge is 0.155 e. The van der Waals surface area contributed by atoms with Crippen molar-refractivity contribution in [3.8, 4) is 0 Å². The van der Waals surface area contributed by atoms with Crippen molar-refractivity contribution in [2.75, 3.05) is 23.7 Å². The Morgan fingerprint density at radius 3 is 2.14 bits per heavy atom. The van der Waals surface area contributed by atoms with Crippen LogP contribution in [0.5, 0.6) is 0 Å². The number of hydrogen-bond donors (Lipinski definition) is 0. The summed E-state index contributed by atoms with van der Waals surface area (Å²) in [6.45, 7) is 12.1. The van der Waals surface area contributed by atoms with Crippen LogP contribution in [0.1, 0.15) is 72.3 Å². The molecule has 164 valence electrons. The molecule has 1 heterocycles. The summed E-state index contributed by atoms with van der Waals surface area (Å²) in [5.41, 5.74) is 2.31. The maximum Gasteiger partial charge on any atom is 0.155 e. The van der Waals surface area contributed by atoms with E-state index in [1.54, 1.807) is 20.8 Å². The summed E-state index contributed by atoms with van der Waals surface area (Å²) >= 11 is 0. The second-order valence-corrected chi connectivity index (χ2v) is 12.8. The highest BCUT2D eigenvalue weighted by Gasteiger charge is 2.28. The maximum atomic E-state index is 12.3. The Balaban J connectivity index is 1.73. The third-order valence-corrected chi connectivity index (χ3v) is 8.57. The minimum atomic E-state index is -3.06. The first kappa shape index (κ1) is 23.9. The van der Waals surface area contributed by atoms with Crippen molar-refractivity contribution in [2.24, 2.45) is 11.8 Å². The van der Waals surface area contributed by atoms with Gasteiger partial charge in [0.25, 0.3) is 0 Å². The lowest BCUT2D eigenvalue weighted by atomic mass is 9.91. The van der Waals surface area contributed by atoms with Gasteiger partial charge in [0.1, 0.15) is 5.78 Å². The van der Waals surface area contributed by atoms with Gasteiger partial charge in [-0.3, -0.25) is 4.79 Å². The van der Waals surface area contributed by atoms with Gasteiger partial charge in [-0.1, -0.05) is 32.4 Å². The van der Waals surface area contributed by atoms with E-state index in [1.165, 1.54) is 12.1 Å². The van der Waals surface area contributed by atoms with Crippen LogP contribution in [0.4, 0.5) is 5.69 Å². The molecule has 1 aliphatic rings. The molecule has 0 saturated carbocycles.